The van der Waals surface area contributed by atoms with Crippen molar-refractivity contribution in [2.75, 3.05) is 20.2 Å². The van der Waals surface area contributed by atoms with E-state index >= 15 is 0 Å². The van der Waals surface area contributed by atoms with Crippen molar-refractivity contribution in [1.82, 2.24) is 9.88 Å². The van der Waals surface area contributed by atoms with Crippen LogP contribution in [-0.4, -0.2) is 49.7 Å². The lowest BCUT2D eigenvalue weighted by atomic mass is 10.2. The van der Waals surface area contributed by atoms with Crippen molar-refractivity contribution < 1.29 is 22.3 Å². The van der Waals surface area contributed by atoms with Gasteiger partial charge in [-0.1, -0.05) is 0 Å². The predicted molar refractivity (Wildman–Crippen MR) is 98.1 cm³/mol. The van der Waals surface area contributed by atoms with Crippen molar-refractivity contribution in [3.8, 4) is 5.75 Å². The number of benzene rings is 2. The molecule has 1 fully saturated rings. The van der Waals surface area contributed by atoms with Crippen molar-refractivity contribution in [1.29, 1.82) is 0 Å². The van der Waals surface area contributed by atoms with E-state index in [2.05, 4.69) is 4.98 Å². The first-order valence-electron chi connectivity index (χ1n) is 8.34. The summed E-state index contributed by atoms with van der Waals surface area (Å²) in [5.74, 6) is -0.0664. The minimum absolute atomic E-state index is 0.0682. The average Bonchev–Trinajstić information content (AvgIpc) is 3.03. The number of carbonyl (C=O) groups is 1. The second-order valence-corrected chi connectivity index (χ2v) is 8.70. The number of rotatable bonds is 4. The Labute approximate surface area is 155 Å². The number of aromatic amines is 1. The summed E-state index contributed by atoms with van der Waals surface area (Å²) in [4.78, 5) is 17.2. The molecule has 1 amide bonds. The van der Waals surface area contributed by atoms with Gasteiger partial charge in [0, 0.05) is 30.1 Å². The molecule has 27 heavy (non-hydrogen) atoms. The molecule has 0 bridgehead atoms. The number of fused-ring (bicyclic) bond motifs is 1. The second kappa shape index (κ2) is 6.38. The molecule has 1 saturated heterocycles. The van der Waals surface area contributed by atoms with E-state index in [0.717, 1.165) is 23.0 Å². The molecular weight excluding hydrogens is 371 g/mol. The molecule has 2 aromatic carbocycles. The van der Waals surface area contributed by atoms with Crippen LogP contribution in [0.5, 0.6) is 5.75 Å². The van der Waals surface area contributed by atoms with Gasteiger partial charge < -0.3 is 14.6 Å². The minimum atomic E-state index is -3.59. The molecule has 1 aliphatic rings. The van der Waals surface area contributed by atoms with Crippen LogP contribution < -0.4 is 4.74 Å². The highest BCUT2D eigenvalue weighted by molar-refractivity contribution is 7.92. The van der Waals surface area contributed by atoms with Crippen molar-refractivity contribution >= 4 is 26.6 Å². The van der Waals surface area contributed by atoms with Crippen LogP contribution in [0.2, 0.25) is 0 Å². The van der Waals surface area contributed by atoms with E-state index in [1.165, 1.54) is 17.0 Å². The van der Waals surface area contributed by atoms with Crippen molar-refractivity contribution in [2.24, 2.45) is 0 Å². The average molecular weight is 388 g/mol. The number of nitrogens with one attached hydrogen (secondary N) is 1. The quantitative estimate of drug-likeness (QED) is 0.697. The number of ether oxygens (including phenoxy) is 1. The third-order valence-corrected chi connectivity index (χ3v) is 6.88. The Bertz CT molecular complexity index is 1120. The fourth-order valence-corrected chi connectivity index (χ4v) is 4.79. The van der Waals surface area contributed by atoms with Crippen LogP contribution in [0.3, 0.4) is 0 Å². The number of amides is 1. The van der Waals surface area contributed by atoms with Crippen LogP contribution in [0, 0.1) is 5.82 Å². The molecule has 3 aromatic rings. The molecule has 4 rings (SSSR count). The van der Waals surface area contributed by atoms with Gasteiger partial charge in [-0.15, -0.1) is 0 Å². The summed E-state index contributed by atoms with van der Waals surface area (Å²) in [5, 5.41) is 0.187. The van der Waals surface area contributed by atoms with Crippen molar-refractivity contribution in [2.45, 2.75) is 10.1 Å². The lowest BCUT2D eigenvalue weighted by molar-refractivity contribution is 0.0653. The number of halogens is 1. The molecule has 1 aliphatic heterocycles. The summed E-state index contributed by atoms with van der Waals surface area (Å²) in [7, 11) is -2.02. The second-order valence-electron chi connectivity index (χ2n) is 6.47. The first-order valence-corrected chi connectivity index (χ1v) is 9.88. The number of aromatic nitrogens is 1. The minimum Gasteiger partial charge on any atom is -0.497 e. The molecular formula is C19H17FN2O4S. The predicted octanol–water partition coefficient (Wildman–Crippen LogP) is 2.61. The van der Waals surface area contributed by atoms with E-state index in [1.54, 1.807) is 25.3 Å². The van der Waals surface area contributed by atoms with Gasteiger partial charge in [-0.3, -0.25) is 4.79 Å². The standard InChI is InChI=1S/C19H17FN2O4S/c1-26-14-5-2-12-8-18(21-17(12)9-14)19(23)22-10-16(11-22)27(24,25)15-6-3-13(20)4-7-15/h2-9,16,21H,10-11H2,1H3. The van der Waals surface area contributed by atoms with Gasteiger partial charge in [0.2, 0.25) is 0 Å². The molecule has 8 heteroatoms. The van der Waals surface area contributed by atoms with Crippen LogP contribution in [0.25, 0.3) is 10.9 Å². The Hall–Kier alpha value is -2.87. The number of nitrogens with zero attached hydrogens (tertiary/aromatic N) is 1. The SMILES string of the molecule is COc1ccc2cc(C(=O)N3CC(S(=O)(=O)c4ccc(F)cc4)C3)[nH]c2c1. The molecule has 0 unspecified atom stereocenters. The highest BCUT2D eigenvalue weighted by Gasteiger charge is 2.41. The van der Waals surface area contributed by atoms with Gasteiger partial charge >= 0.3 is 0 Å². The first-order chi connectivity index (χ1) is 12.9. The fourth-order valence-electron chi connectivity index (χ4n) is 3.14. The summed E-state index contributed by atoms with van der Waals surface area (Å²) in [6.45, 7) is 0.217. The van der Waals surface area contributed by atoms with Crippen LogP contribution in [0.1, 0.15) is 10.5 Å². The summed E-state index contributed by atoms with van der Waals surface area (Å²) in [6, 6.07) is 11.9. The molecule has 0 aliphatic carbocycles. The molecule has 6 nitrogen and oxygen atoms in total. The number of methoxy groups -OCH3 is 1. The molecule has 0 saturated carbocycles. The van der Waals surface area contributed by atoms with Gasteiger partial charge in [-0.2, -0.15) is 0 Å². The highest BCUT2D eigenvalue weighted by atomic mass is 32.2. The van der Waals surface area contributed by atoms with Gasteiger partial charge in [-0.05, 0) is 42.5 Å². The Kier molecular flexibility index (Phi) is 4.15. The van der Waals surface area contributed by atoms with E-state index in [4.69, 9.17) is 4.74 Å². The normalized spacial score (nSPS) is 15.0. The third-order valence-electron chi connectivity index (χ3n) is 4.78. The Morgan fingerprint density at radius 2 is 1.85 bits per heavy atom. The third kappa shape index (κ3) is 3.06. The number of hydrogen-bond acceptors (Lipinski definition) is 4. The van der Waals surface area contributed by atoms with Gasteiger partial charge in [0.05, 0.1) is 12.0 Å². The largest absolute Gasteiger partial charge is 0.497 e. The summed E-state index contributed by atoms with van der Waals surface area (Å²) in [5.41, 5.74) is 1.17. The lowest BCUT2D eigenvalue weighted by Gasteiger charge is -2.38. The highest BCUT2D eigenvalue weighted by Crippen LogP contribution is 2.27. The zero-order valence-corrected chi connectivity index (χ0v) is 15.3. The van der Waals surface area contributed by atoms with Crippen LogP contribution in [-0.2, 0) is 9.84 Å². The molecule has 0 atom stereocenters. The van der Waals surface area contributed by atoms with Crippen LogP contribution in [0.15, 0.2) is 53.4 Å². The van der Waals surface area contributed by atoms with Gasteiger partial charge in [0.1, 0.15) is 22.5 Å². The number of hydrogen-bond donors (Lipinski definition) is 1. The van der Waals surface area contributed by atoms with Crippen molar-refractivity contribution in [3.63, 3.8) is 0 Å². The monoisotopic (exact) mass is 388 g/mol. The van der Waals surface area contributed by atoms with Gasteiger partial charge in [0.15, 0.2) is 9.84 Å². The maximum atomic E-state index is 13.0. The molecule has 1 aromatic heterocycles. The number of H-pyrrole nitrogens is 1. The Morgan fingerprint density at radius 1 is 1.15 bits per heavy atom. The van der Waals surface area contributed by atoms with Gasteiger partial charge in [0.25, 0.3) is 5.91 Å². The summed E-state index contributed by atoms with van der Waals surface area (Å²) in [6.07, 6.45) is 0. The van der Waals surface area contributed by atoms with E-state index in [1.807, 2.05) is 6.07 Å². The molecule has 1 N–H and O–H groups in total. The Balaban J connectivity index is 1.49. The molecule has 2 heterocycles. The molecule has 0 spiro atoms. The van der Waals surface area contributed by atoms with E-state index in [-0.39, 0.29) is 23.9 Å². The van der Waals surface area contributed by atoms with Crippen molar-refractivity contribution in [3.05, 3.63) is 60.0 Å². The fraction of sp³-hybridized carbons (Fsp3) is 0.211. The van der Waals surface area contributed by atoms with E-state index < -0.39 is 20.9 Å². The summed E-state index contributed by atoms with van der Waals surface area (Å²) >= 11 is 0. The number of carbonyl (C=O) groups excluding carboxylic acids is 1. The topological polar surface area (TPSA) is 79.5 Å². The van der Waals surface area contributed by atoms with E-state index in [9.17, 15) is 17.6 Å². The first kappa shape index (κ1) is 17.5. The number of likely N-dealkylation sites (tertiary alicyclic amines) is 1. The van der Waals surface area contributed by atoms with Crippen LogP contribution >= 0.6 is 0 Å². The molecule has 140 valence electrons. The van der Waals surface area contributed by atoms with Crippen LogP contribution in [0.4, 0.5) is 4.39 Å². The zero-order valence-electron chi connectivity index (χ0n) is 14.5. The Morgan fingerprint density at radius 3 is 2.52 bits per heavy atom. The maximum Gasteiger partial charge on any atom is 0.270 e. The maximum absolute atomic E-state index is 13.0. The zero-order chi connectivity index (χ0) is 19.2. The van der Waals surface area contributed by atoms with Gasteiger partial charge in [-0.25, -0.2) is 12.8 Å². The smallest absolute Gasteiger partial charge is 0.270 e. The summed E-state index contributed by atoms with van der Waals surface area (Å²) < 4.78 is 43.3. The molecule has 0 radical (unpaired) electrons. The van der Waals surface area contributed by atoms with E-state index in [0.29, 0.717) is 11.4 Å². The lowest BCUT2D eigenvalue weighted by Crippen LogP contribution is -2.56. The number of sulfone groups is 1.